The normalized spacial score (nSPS) is 11.0. The Labute approximate surface area is 131 Å². The molecule has 0 aliphatic rings. The Balaban J connectivity index is 6.42. The zero-order valence-electron chi connectivity index (χ0n) is 13.8. The van der Waals surface area contributed by atoms with Crippen molar-refractivity contribution in [3.8, 4) is 0 Å². The fraction of sp³-hybridized carbons (Fsp3) is 0.714. The van der Waals surface area contributed by atoms with Crippen molar-refractivity contribution in [3.63, 3.8) is 0 Å². The number of carbonyl (C=O) groups excluding carboxylic acids is 3. The molecule has 0 amide bonds. The van der Waals surface area contributed by atoms with E-state index in [9.17, 15) is 14.4 Å². The van der Waals surface area contributed by atoms with Crippen LogP contribution in [0.2, 0.25) is 0 Å². The summed E-state index contributed by atoms with van der Waals surface area (Å²) in [6, 6.07) is 0. The molecule has 0 aromatic carbocycles. The second-order valence-corrected chi connectivity index (χ2v) is 6.49. The van der Waals surface area contributed by atoms with Crippen LogP contribution in [-0.2, 0) is 32.9 Å². The zero-order valence-corrected chi connectivity index (χ0v) is 14.7. The third-order valence-corrected chi connectivity index (χ3v) is 5.65. The van der Waals surface area contributed by atoms with E-state index in [0.717, 1.165) is 0 Å². The molecule has 0 bridgehead atoms. The lowest BCUT2D eigenvalue weighted by Gasteiger charge is -2.26. The number of carbonyl (C=O) groups is 3. The van der Waals surface area contributed by atoms with E-state index in [-0.39, 0.29) is 32.8 Å². The van der Waals surface area contributed by atoms with Crippen LogP contribution in [0, 0.1) is 0 Å². The van der Waals surface area contributed by atoms with E-state index in [0.29, 0.717) is 0 Å². The number of hydrogen-bond donors (Lipinski definition) is 0. The van der Waals surface area contributed by atoms with Gasteiger partial charge in [-0.15, -0.1) is 0 Å². The Morgan fingerprint density at radius 2 is 1.14 bits per heavy atom. The van der Waals surface area contributed by atoms with E-state index in [2.05, 4.69) is 0 Å². The fourth-order valence-corrected chi connectivity index (χ4v) is 4.35. The van der Waals surface area contributed by atoms with E-state index in [1.165, 1.54) is 0 Å². The predicted octanol–water partition coefficient (Wildman–Crippen LogP) is 2.14. The van der Waals surface area contributed by atoms with Gasteiger partial charge in [0.1, 0.15) is 0 Å². The van der Waals surface area contributed by atoms with E-state index >= 15 is 0 Å². The summed E-state index contributed by atoms with van der Waals surface area (Å²) in [4.78, 5) is 36.9. The molecule has 0 heterocycles. The molecule has 128 valence electrons. The highest BCUT2D eigenvalue weighted by Crippen LogP contribution is 2.53. The number of rotatable bonds is 10. The minimum Gasteiger partial charge on any atom is -0.462 e. The first-order valence-electron chi connectivity index (χ1n) is 7.38. The lowest BCUT2D eigenvalue weighted by atomic mass is 10.4. The summed E-state index contributed by atoms with van der Waals surface area (Å²) < 4.78 is 20.8. The van der Waals surface area contributed by atoms with Gasteiger partial charge in [0.25, 0.3) is 0 Å². The van der Waals surface area contributed by atoms with Crippen LogP contribution in [0.25, 0.3) is 0 Å². The molecule has 0 fully saturated rings. The van der Waals surface area contributed by atoms with E-state index in [1.807, 2.05) is 0 Å². The van der Waals surface area contributed by atoms with Crippen molar-refractivity contribution < 1.29 is 32.9 Å². The predicted molar refractivity (Wildman–Crippen MR) is 83.7 cm³/mol. The first kappa shape index (κ1) is 20.8. The first-order valence-corrected chi connectivity index (χ1v) is 9.00. The van der Waals surface area contributed by atoms with Crippen molar-refractivity contribution in [3.05, 3.63) is 0 Å². The molecular weight excluding hydrogens is 311 g/mol. The summed E-state index contributed by atoms with van der Waals surface area (Å²) in [6.45, 7) is 8.47. The zero-order chi connectivity index (χ0) is 17.2. The highest BCUT2D eigenvalue weighted by atomic mass is 31.2. The maximum atomic E-state index is 12.4. The second kappa shape index (κ2) is 10.5. The van der Waals surface area contributed by atoms with Crippen LogP contribution in [-0.4, -0.2) is 49.2 Å². The molecule has 0 unspecified atom stereocenters. The summed E-state index contributed by atoms with van der Waals surface area (Å²) in [7, 11) is -3.54. The lowest BCUT2D eigenvalue weighted by molar-refractivity contribution is -0.140. The smallest absolute Gasteiger partial charge is 0.350 e. The summed E-state index contributed by atoms with van der Waals surface area (Å²) in [5, 5.41) is -0.466. The topological polar surface area (TPSA) is 88.1 Å². The van der Waals surface area contributed by atoms with Gasteiger partial charge in [-0.25, -0.2) is 9.59 Å². The average molecular weight is 336 g/mol. The monoisotopic (exact) mass is 336 g/mol. The van der Waals surface area contributed by atoms with Crippen LogP contribution in [0.5, 0.6) is 0 Å². The molecule has 0 spiro atoms. The molecule has 22 heavy (non-hydrogen) atoms. The van der Waals surface area contributed by atoms with Crippen molar-refractivity contribution in [1.29, 1.82) is 0 Å². The van der Waals surface area contributed by atoms with Gasteiger partial charge in [0.2, 0.25) is 12.9 Å². The van der Waals surface area contributed by atoms with Gasteiger partial charge in [-0.3, -0.25) is 4.79 Å². The molecular formula is C14H25O7P. The van der Waals surface area contributed by atoms with Crippen molar-refractivity contribution in [2.75, 3.05) is 26.4 Å². The SMILES string of the molecule is CCOC(=O)C(C(=O)OCC)=P(OCC)(OCC)C(=O)CC. The highest BCUT2D eigenvalue weighted by molar-refractivity contribution is 7.85. The average Bonchev–Trinajstić information content (AvgIpc) is 2.47. The molecule has 0 rings (SSSR count). The molecule has 7 nitrogen and oxygen atoms in total. The minimum atomic E-state index is -3.54. The van der Waals surface area contributed by atoms with Crippen LogP contribution < -0.4 is 0 Å². The molecule has 0 aromatic heterocycles. The quantitative estimate of drug-likeness (QED) is 0.343. The van der Waals surface area contributed by atoms with Gasteiger partial charge in [0, 0.05) is 6.42 Å². The Hall–Kier alpha value is -1.17. The van der Waals surface area contributed by atoms with Crippen molar-refractivity contribution >= 4 is 30.1 Å². The van der Waals surface area contributed by atoms with Gasteiger partial charge in [0.15, 0.2) is 5.29 Å². The molecule has 0 atom stereocenters. The maximum absolute atomic E-state index is 12.4. The summed E-state index contributed by atoms with van der Waals surface area (Å²) >= 11 is 0. The van der Waals surface area contributed by atoms with Crippen LogP contribution in [0.4, 0.5) is 0 Å². The molecule has 0 N–H and O–H groups in total. The van der Waals surface area contributed by atoms with Gasteiger partial charge < -0.3 is 18.5 Å². The van der Waals surface area contributed by atoms with Crippen LogP contribution >= 0.6 is 7.34 Å². The van der Waals surface area contributed by atoms with Gasteiger partial charge in [-0.05, 0) is 27.7 Å². The van der Waals surface area contributed by atoms with Crippen LogP contribution in [0.1, 0.15) is 41.0 Å². The minimum absolute atomic E-state index is 0.0559. The molecule has 0 saturated heterocycles. The van der Waals surface area contributed by atoms with Gasteiger partial charge >= 0.3 is 11.9 Å². The largest absolute Gasteiger partial charge is 0.462 e. The van der Waals surface area contributed by atoms with Gasteiger partial charge in [-0.2, -0.15) is 0 Å². The van der Waals surface area contributed by atoms with E-state index in [1.54, 1.807) is 34.6 Å². The third kappa shape index (κ3) is 4.93. The second-order valence-electron chi connectivity index (χ2n) is 3.92. The summed E-state index contributed by atoms with van der Waals surface area (Å²) in [5.41, 5.74) is -0.438. The van der Waals surface area contributed by atoms with Crippen molar-refractivity contribution in [2.45, 2.75) is 41.0 Å². The van der Waals surface area contributed by atoms with E-state index < -0.39 is 30.1 Å². The number of ether oxygens (including phenoxy) is 2. The summed E-state index contributed by atoms with van der Waals surface area (Å²) in [5.74, 6) is -1.86. The third-order valence-electron chi connectivity index (χ3n) is 2.48. The standard InChI is InChI=1S/C14H25O7P/c1-6-11(15)22(20-9-4,21-10-5)12(13(16)18-7-2)14(17)19-8-3/h6-10H2,1-5H3. The van der Waals surface area contributed by atoms with Gasteiger partial charge in [-0.1, -0.05) is 6.92 Å². The van der Waals surface area contributed by atoms with Crippen LogP contribution in [0.3, 0.4) is 0 Å². The van der Waals surface area contributed by atoms with Crippen molar-refractivity contribution in [2.24, 2.45) is 0 Å². The Morgan fingerprint density at radius 1 is 0.727 bits per heavy atom. The Bertz CT molecular complexity index is 426. The highest BCUT2D eigenvalue weighted by Gasteiger charge is 2.41. The first-order chi connectivity index (χ1) is 10.4. The lowest BCUT2D eigenvalue weighted by Crippen LogP contribution is -2.32. The Kier molecular flexibility index (Phi) is 9.98. The summed E-state index contributed by atoms with van der Waals surface area (Å²) in [6.07, 6.45) is 0.0656. The van der Waals surface area contributed by atoms with Crippen molar-refractivity contribution in [1.82, 2.24) is 0 Å². The molecule has 0 aromatic rings. The van der Waals surface area contributed by atoms with Crippen LogP contribution in [0.15, 0.2) is 0 Å². The molecule has 0 aliphatic heterocycles. The number of esters is 2. The molecule has 0 radical (unpaired) electrons. The maximum Gasteiger partial charge on any atom is 0.350 e. The molecule has 0 aliphatic carbocycles. The number of hydrogen-bond acceptors (Lipinski definition) is 7. The van der Waals surface area contributed by atoms with Gasteiger partial charge in [0.05, 0.1) is 26.4 Å². The van der Waals surface area contributed by atoms with E-state index in [4.69, 9.17) is 18.5 Å². The fourth-order valence-electron chi connectivity index (χ4n) is 1.73. The molecule has 0 saturated carbocycles. The Morgan fingerprint density at radius 3 is 1.41 bits per heavy atom. The molecule has 8 heteroatoms.